The quantitative estimate of drug-likeness (QED) is 0.608. The van der Waals surface area contributed by atoms with Crippen LogP contribution >= 0.6 is 0 Å². The van der Waals surface area contributed by atoms with Gasteiger partial charge in [0.2, 0.25) is 0 Å². The Morgan fingerprint density at radius 1 is 0.968 bits per heavy atom. The van der Waals surface area contributed by atoms with Crippen LogP contribution in [0.1, 0.15) is 0 Å². The van der Waals surface area contributed by atoms with Crippen molar-refractivity contribution in [3.63, 3.8) is 0 Å². The van der Waals surface area contributed by atoms with Gasteiger partial charge in [-0.2, -0.15) is 0 Å². The first-order chi connectivity index (χ1) is 15.1. The molecule has 0 spiro atoms. The molecule has 7 nitrogen and oxygen atoms in total. The van der Waals surface area contributed by atoms with Crippen LogP contribution in [0.25, 0.3) is 11.3 Å². The van der Waals surface area contributed by atoms with Gasteiger partial charge in [0, 0.05) is 31.7 Å². The molecule has 160 valence electrons. The molecule has 0 saturated carbocycles. The maximum Gasteiger partial charge on any atom is 0.260 e. The van der Waals surface area contributed by atoms with Crippen molar-refractivity contribution in [3.8, 4) is 22.8 Å². The van der Waals surface area contributed by atoms with Crippen LogP contribution in [0, 0.1) is 5.82 Å². The highest BCUT2D eigenvalue weighted by Crippen LogP contribution is 2.22. The molecule has 1 fully saturated rings. The maximum atomic E-state index is 13.6. The molecular formula is C23H23FN4O3. The molecule has 8 heteroatoms. The van der Waals surface area contributed by atoms with Crippen LogP contribution in [0.4, 0.5) is 10.2 Å². The lowest BCUT2D eigenvalue weighted by atomic mass is 10.1. The van der Waals surface area contributed by atoms with Crippen LogP contribution in [0.3, 0.4) is 0 Å². The van der Waals surface area contributed by atoms with E-state index in [0.717, 1.165) is 22.8 Å². The van der Waals surface area contributed by atoms with E-state index in [1.165, 1.54) is 12.1 Å². The number of halogens is 1. The molecule has 2 aromatic carbocycles. The Labute approximate surface area is 180 Å². The number of rotatable bonds is 6. The second-order valence-corrected chi connectivity index (χ2v) is 7.09. The fourth-order valence-corrected chi connectivity index (χ4v) is 3.39. The van der Waals surface area contributed by atoms with Crippen LogP contribution in [-0.4, -0.2) is 60.9 Å². The summed E-state index contributed by atoms with van der Waals surface area (Å²) in [6.45, 7) is 2.18. The predicted molar refractivity (Wildman–Crippen MR) is 115 cm³/mol. The first kappa shape index (κ1) is 20.6. The van der Waals surface area contributed by atoms with Crippen LogP contribution in [-0.2, 0) is 4.79 Å². The normalized spacial score (nSPS) is 13.7. The summed E-state index contributed by atoms with van der Waals surface area (Å²) in [6, 6.07) is 17.6. The summed E-state index contributed by atoms with van der Waals surface area (Å²) < 4.78 is 24.1. The fraction of sp³-hybridized carbons (Fsp3) is 0.261. The monoisotopic (exact) mass is 422 g/mol. The van der Waals surface area contributed by atoms with Gasteiger partial charge in [-0.25, -0.2) is 4.39 Å². The molecular weight excluding hydrogens is 399 g/mol. The van der Waals surface area contributed by atoms with Gasteiger partial charge in [0.25, 0.3) is 5.91 Å². The zero-order valence-electron chi connectivity index (χ0n) is 17.2. The minimum atomic E-state index is -0.475. The number of amides is 1. The zero-order chi connectivity index (χ0) is 21.6. The van der Waals surface area contributed by atoms with Crippen LogP contribution in [0.2, 0.25) is 0 Å². The molecule has 0 radical (unpaired) electrons. The van der Waals surface area contributed by atoms with Crippen molar-refractivity contribution in [1.29, 1.82) is 0 Å². The Morgan fingerprint density at radius 2 is 1.71 bits per heavy atom. The number of ether oxygens (including phenoxy) is 2. The second kappa shape index (κ2) is 9.42. The summed E-state index contributed by atoms with van der Waals surface area (Å²) in [5.41, 5.74) is 1.75. The third kappa shape index (κ3) is 4.91. The molecule has 1 aliphatic heterocycles. The Kier molecular flexibility index (Phi) is 6.26. The summed E-state index contributed by atoms with van der Waals surface area (Å²) in [4.78, 5) is 16.2. The highest BCUT2D eigenvalue weighted by molar-refractivity contribution is 5.78. The van der Waals surface area contributed by atoms with E-state index in [0.29, 0.717) is 26.2 Å². The van der Waals surface area contributed by atoms with E-state index in [-0.39, 0.29) is 18.3 Å². The minimum absolute atomic E-state index is 0.0849. The lowest BCUT2D eigenvalue weighted by Crippen LogP contribution is -2.50. The van der Waals surface area contributed by atoms with Crippen molar-refractivity contribution in [2.24, 2.45) is 0 Å². The molecule has 1 aliphatic rings. The number of carbonyl (C=O) groups excluding carboxylic acids is 1. The van der Waals surface area contributed by atoms with Gasteiger partial charge in [0.05, 0.1) is 12.8 Å². The molecule has 1 saturated heterocycles. The van der Waals surface area contributed by atoms with E-state index in [4.69, 9.17) is 9.47 Å². The Morgan fingerprint density at radius 3 is 2.35 bits per heavy atom. The number of para-hydroxylation sites is 1. The van der Waals surface area contributed by atoms with E-state index < -0.39 is 5.82 Å². The summed E-state index contributed by atoms with van der Waals surface area (Å²) in [5.74, 6) is 1.01. The van der Waals surface area contributed by atoms with E-state index in [9.17, 15) is 9.18 Å². The van der Waals surface area contributed by atoms with Gasteiger partial charge >= 0.3 is 0 Å². The maximum absolute atomic E-state index is 13.6. The first-order valence-electron chi connectivity index (χ1n) is 10.0. The fourth-order valence-electron chi connectivity index (χ4n) is 3.39. The van der Waals surface area contributed by atoms with Crippen molar-refractivity contribution in [1.82, 2.24) is 15.1 Å². The van der Waals surface area contributed by atoms with Gasteiger partial charge < -0.3 is 19.3 Å². The molecule has 0 aliphatic carbocycles. The van der Waals surface area contributed by atoms with Crippen molar-refractivity contribution >= 4 is 11.7 Å². The van der Waals surface area contributed by atoms with Crippen LogP contribution < -0.4 is 14.4 Å². The zero-order valence-corrected chi connectivity index (χ0v) is 17.2. The van der Waals surface area contributed by atoms with Gasteiger partial charge in [0.15, 0.2) is 24.0 Å². The number of aromatic nitrogens is 2. The third-order valence-corrected chi connectivity index (χ3v) is 5.18. The highest BCUT2D eigenvalue weighted by atomic mass is 19.1. The van der Waals surface area contributed by atoms with Crippen molar-refractivity contribution < 1.29 is 18.7 Å². The number of nitrogens with zero attached hydrogens (tertiary/aromatic N) is 4. The molecule has 1 aromatic heterocycles. The summed E-state index contributed by atoms with van der Waals surface area (Å²) in [5, 5.41) is 8.69. The summed E-state index contributed by atoms with van der Waals surface area (Å²) in [7, 11) is 1.63. The highest BCUT2D eigenvalue weighted by Gasteiger charge is 2.22. The second-order valence-electron chi connectivity index (χ2n) is 7.09. The number of anilines is 1. The molecule has 3 aromatic rings. The summed E-state index contributed by atoms with van der Waals surface area (Å²) in [6.07, 6.45) is 0. The molecule has 0 unspecified atom stereocenters. The standard InChI is InChI=1S/C23H23FN4O3/c1-30-18-8-6-17(7-9-18)20-10-11-22(26-25-20)27-12-14-28(15-13-27)23(29)16-31-21-5-3-2-4-19(21)24/h2-11H,12-16H2,1H3. The number of hydrogen-bond donors (Lipinski definition) is 0. The summed E-state index contributed by atoms with van der Waals surface area (Å²) >= 11 is 0. The van der Waals surface area contributed by atoms with Gasteiger partial charge in [0.1, 0.15) is 5.75 Å². The Balaban J connectivity index is 1.30. The lowest BCUT2D eigenvalue weighted by Gasteiger charge is -2.35. The molecule has 0 atom stereocenters. The van der Waals surface area contributed by atoms with Crippen molar-refractivity contribution in [2.45, 2.75) is 0 Å². The SMILES string of the molecule is COc1ccc(-c2ccc(N3CCN(C(=O)COc4ccccc4F)CC3)nn2)cc1. The van der Waals surface area contributed by atoms with Crippen molar-refractivity contribution in [2.75, 3.05) is 44.8 Å². The Hall–Kier alpha value is -3.68. The van der Waals surface area contributed by atoms with E-state index >= 15 is 0 Å². The molecule has 1 amide bonds. The van der Waals surface area contributed by atoms with Gasteiger partial charge in [-0.05, 0) is 48.5 Å². The van der Waals surface area contributed by atoms with Crippen LogP contribution in [0.5, 0.6) is 11.5 Å². The lowest BCUT2D eigenvalue weighted by molar-refractivity contribution is -0.133. The number of hydrogen-bond acceptors (Lipinski definition) is 6. The minimum Gasteiger partial charge on any atom is -0.497 e. The largest absolute Gasteiger partial charge is 0.497 e. The van der Waals surface area contributed by atoms with E-state index in [1.54, 1.807) is 24.1 Å². The molecule has 4 rings (SSSR count). The number of piperazine rings is 1. The third-order valence-electron chi connectivity index (χ3n) is 5.18. The van der Waals surface area contributed by atoms with Gasteiger partial charge in [-0.15, -0.1) is 10.2 Å². The Bertz CT molecular complexity index is 1020. The van der Waals surface area contributed by atoms with E-state index in [2.05, 4.69) is 15.1 Å². The van der Waals surface area contributed by atoms with E-state index in [1.807, 2.05) is 36.4 Å². The predicted octanol–water partition coefficient (Wildman–Crippen LogP) is 3.02. The van der Waals surface area contributed by atoms with Crippen LogP contribution in [0.15, 0.2) is 60.7 Å². The topological polar surface area (TPSA) is 67.8 Å². The smallest absolute Gasteiger partial charge is 0.260 e. The molecule has 2 heterocycles. The average Bonchev–Trinajstić information content (AvgIpc) is 2.84. The number of methoxy groups -OCH3 is 1. The number of carbonyl (C=O) groups is 1. The average molecular weight is 422 g/mol. The molecule has 0 N–H and O–H groups in total. The van der Waals surface area contributed by atoms with Crippen molar-refractivity contribution in [3.05, 3.63) is 66.5 Å². The molecule has 31 heavy (non-hydrogen) atoms. The first-order valence-corrected chi connectivity index (χ1v) is 10.0. The molecule has 0 bridgehead atoms. The van der Waals surface area contributed by atoms with Gasteiger partial charge in [-0.1, -0.05) is 12.1 Å². The number of benzene rings is 2. The van der Waals surface area contributed by atoms with Gasteiger partial charge in [-0.3, -0.25) is 4.79 Å².